The Labute approximate surface area is 157 Å². The van der Waals surface area contributed by atoms with Gasteiger partial charge in [-0.25, -0.2) is 4.79 Å². The molecule has 1 N–H and O–H groups in total. The minimum absolute atomic E-state index is 0.0195. The molecule has 0 atom stereocenters. The molecule has 0 bridgehead atoms. The molecule has 2 aliphatic rings. The summed E-state index contributed by atoms with van der Waals surface area (Å²) >= 11 is 6.07. The summed E-state index contributed by atoms with van der Waals surface area (Å²) in [5.74, 6) is -1.03. The molecule has 1 saturated carbocycles. The highest BCUT2D eigenvalue weighted by molar-refractivity contribution is 6.32. The highest BCUT2D eigenvalue weighted by atomic mass is 35.5. The van der Waals surface area contributed by atoms with Crippen LogP contribution in [0.3, 0.4) is 0 Å². The van der Waals surface area contributed by atoms with Crippen LogP contribution in [0.25, 0.3) is 5.57 Å². The first kappa shape index (κ1) is 19.5. The zero-order chi connectivity index (χ0) is 19.7. The van der Waals surface area contributed by atoms with Crippen molar-refractivity contribution in [3.8, 4) is 0 Å². The molecule has 3 rings (SSSR count). The number of carbonyl (C=O) groups is 1. The Bertz CT molecular complexity index is 818. The lowest BCUT2D eigenvalue weighted by Crippen LogP contribution is -2.37. The third kappa shape index (κ3) is 3.73. The largest absolute Gasteiger partial charge is 0.478 e. The third-order valence-electron chi connectivity index (χ3n) is 4.75. The van der Waals surface area contributed by atoms with Crippen molar-refractivity contribution in [1.82, 2.24) is 0 Å². The Kier molecular flexibility index (Phi) is 5.32. The second-order valence-electron chi connectivity index (χ2n) is 6.53. The van der Waals surface area contributed by atoms with E-state index in [1.54, 1.807) is 6.08 Å². The van der Waals surface area contributed by atoms with Gasteiger partial charge in [0.15, 0.2) is 0 Å². The highest BCUT2D eigenvalue weighted by Gasteiger charge is 2.61. The predicted molar refractivity (Wildman–Crippen MR) is 91.1 cm³/mol. The second-order valence-corrected chi connectivity index (χ2v) is 6.93. The molecule has 1 aromatic rings. The maximum Gasteiger partial charge on any atom is 0.442 e. The first-order valence-corrected chi connectivity index (χ1v) is 8.79. The number of allylic oxidation sites excluding steroid dienone is 1. The second kappa shape index (κ2) is 7.38. The van der Waals surface area contributed by atoms with Crippen molar-refractivity contribution in [2.75, 3.05) is 0 Å². The molecule has 1 aliphatic heterocycles. The van der Waals surface area contributed by atoms with Crippen LogP contribution >= 0.6 is 11.6 Å². The Morgan fingerprint density at radius 3 is 2.33 bits per heavy atom. The lowest BCUT2D eigenvalue weighted by molar-refractivity contribution is -0.187. The molecular formula is C17H16ClF3N4O2. The number of aliphatic carboxylic acids is 1. The molecule has 144 valence electrons. The number of carboxylic acids is 1. The number of carboxylic acid groups (broad SMARTS) is 1. The van der Waals surface area contributed by atoms with Crippen LogP contribution in [0, 0.1) is 5.92 Å². The SMILES string of the molecule is O=C(O)/C(=C/C1CCCCC1)c1ccc(C2(C(F)(F)F)N=NN=N2)c(Cl)c1. The van der Waals surface area contributed by atoms with Gasteiger partial charge < -0.3 is 5.11 Å². The first-order valence-electron chi connectivity index (χ1n) is 8.41. The smallest absolute Gasteiger partial charge is 0.442 e. The van der Waals surface area contributed by atoms with Gasteiger partial charge in [0.25, 0.3) is 0 Å². The molecule has 0 amide bonds. The number of nitrogens with zero attached hydrogens (tertiary/aromatic N) is 4. The summed E-state index contributed by atoms with van der Waals surface area (Å²) in [6.45, 7) is 0. The van der Waals surface area contributed by atoms with Crippen molar-refractivity contribution in [2.24, 2.45) is 26.6 Å². The van der Waals surface area contributed by atoms with Crippen LogP contribution in [-0.4, -0.2) is 17.3 Å². The van der Waals surface area contributed by atoms with E-state index in [9.17, 15) is 23.1 Å². The van der Waals surface area contributed by atoms with E-state index < -0.39 is 23.4 Å². The van der Waals surface area contributed by atoms with Crippen molar-refractivity contribution < 1.29 is 23.1 Å². The van der Waals surface area contributed by atoms with Gasteiger partial charge in [-0.05, 0) is 40.8 Å². The topological polar surface area (TPSA) is 86.7 Å². The minimum Gasteiger partial charge on any atom is -0.478 e. The Morgan fingerprint density at radius 1 is 1.19 bits per heavy atom. The van der Waals surface area contributed by atoms with Crippen molar-refractivity contribution >= 4 is 23.1 Å². The Balaban J connectivity index is 2.00. The maximum atomic E-state index is 13.5. The van der Waals surface area contributed by atoms with Crippen molar-refractivity contribution in [3.05, 3.63) is 40.4 Å². The van der Waals surface area contributed by atoms with Crippen LogP contribution in [0.2, 0.25) is 5.02 Å². The van der Waals surface area contributed by atoms with Crippen LogP contribution in [0.1, 0.15) is 43.2 Å². The van der Waals surface area contributed by atoms with E-state index in [-0.39, 0.29) is 22.1 Å². The summed E-state index contributed by atoms with van der Waals surface area (Å²) in [7, 11) is 0. The van der Waals surface area contributed by atoms with E-state index in [0.29, 0.717) is 0 Å². The average Bonchev–Trinajstić information content (AvgIpc) is 3.11. The summed E-state index contributed by atoms with van der Waals surface area (Å²) < 4.78 is 40.5. The monoisotopic (exact) mass is 400 g/mol. The van der Waals surface area contributed by atoms with Gasteiger partial charge >= 0.3 is 17.8 Å². The van der Waals surface area contributed by atoms with E-state index in [1.807, 2.05) is 0 Å². The number of benzene rings is 1. The highest BCUT2D eigenvalue weighted by Crippen LogP contribution is 2.48. The number of rotatable bonds is 4. The molecule has 1 heterocycles. The van der Waals surface area contributed by atoms with Gasteiger partial charge in [0, 0.05) is 10.6 Å². The van der Waals surface area contributed by atoms with Gasteiger partial charge in [-0.1, -0.05) is 49.1 Å². The van der Waals surface area contributed by atoms with Gasteiger partial charge in [0.05, 0.1) is 5.57 Å². The van der Waals surface area contributed by atoms with E-state index in [0.717, 1.165) is 38.2 Å². The fraction of sp³-hybridized carbons (Fsp3) is 0.471. The summed E-state index contributed by atoms with van der Waals surface area (Å²) in [5.41, 5.74) is -3.20. The van der Waals surface area contributed by atoms with E-state index in [1.165, 1.54) is 12.1 Å². The number of alkyl halides is 3. The number of hydrogen-bond donors (Lipinski definition) is 1. The molecule has 0 unspecified atom stereocenters. The van der Waals surface area contributed by atoms with Gasteiger partial charge in [0.2, 0.25) is 0 Å². The van der Waals surface area contributed by atoms with Crippen LogP contribution in [-0.2, 0) is 10.5 Å². The van der Waals surface area contributed by atoms with Gasteiger partial charge in [-0.15, -0.1) is 10.2 Å². The molecular weight excluding hydrogens is 385 g/mol. The number of halogens is 4. The molecule has 27 heavy (non-hydrogen) atoms. The molecule has 0 aromatic heterocycles. The molecule has 0 radical (unpaired) electrons. The van der Waals surface area contributed by atoms with E-state index in [4.69, 9.17) is 11.6 Å². The van der Waals surface area contributed by atoms with E-state index >= 15 is 0 Å². The summed E-state index contributed by atoms with van der Waals surface area (Å²) in [6, 6.07) is 3.55. The minimum atomic E-state index is -4.89. The fourth-order valence-electron chi connectivity index (χ4n) is 3.36. The average molecular weight is 401 g/mol. The lowest BCUT2D eigenvalue weighted by Gasteiger charge is -2.24. The van der Waals surface area contributed by atoms with Crippen LogP contribution in [0.4, 0.5) is 13.2 Å². The predicted octanol–water partition coefficient (Wildman–Crippen LogP) is 5.94. The molecule has 1 aliphatic carbocycles. The molecule has 1 aromatic carbocycles. The van der Waals surface area contributed by atoms with Crippen molar-refractivity contribution in [1.29, 1.82) is 0 Å². The molecule has 0 saturated heterocycles. The van der Waals surface area contributed by atoms with Crippen LogP contribution in [0.15, 0.2) is 45.0 Å². The van der Waals surface area contributed by atoms with Crippen molar-refractivity contribution in [2.45, 2.75) is 43.9 Å². The van der Waals surface area contributed by atoms with Gasteiger partial charge in [-0.3, -0.25) is 0 Å². The molecule has 6 nitrogen and oxygen atoms in total. The molecule has 0 spiro atoms. The molecule has 10 heteroatoms. The fourth-order valence-corrected chi connectivity index (χ4v) is 3.67. The Hall–Kier alpha value is -2.29. The summed E-state index contributed by atoms with van der Waals surface area (Å²) in [4.78, 5) is 11.7. The maximum absolute atomic E-state index is 13.5. The standard InChI is InChI=1S/C17H16ClF3N4O2/c18-14-9-11(12(15(26)27)8-10-4-2-1-3-5-10)6-7-13(14)16(17(19,20)21)22-24-25-23-16/h6-10H,1-5H2,(H,26,27)/b12-8+. The van der Waals surface area contributed by atoms with Crippen molar-refractivity contribution in [3.63, 3.8) is 0 Å². The zero-order valence-corrected chi connectivity index (χ0v) is 14.8. The first-order chi connectivity index (χ1) is 12.7. The van der Waals surface area contributed by atoms with Gasteiger partial charge in [0.1, 0.15) is 0 Å². The number of hydrogen-bond acceptors (Lipinski definition) is 5. The van der Waals surface area contributed by atoms with Gasteiger partial charge in [-0.2, -0.15) is 13.2 Å². The lowest BCUT2D eigenvalue weighted by atomic mass is 9.86. The zero-order valence-electron chi connectivity index (χ0n) is 14.1. The Morgan fingerprint density at radius 2 is 1.81 bits per heavy atom. The quantitative estimate of drug-likeness (QED) is 0.634. The van der Waals surface area contributed by atoms with E-state index in [2.05, 4.69) is 20.7 Å². The van der Waals surface area contributed by atoms with Crippen LogP contribution in [0.5, 0.6) is 0 Å². The third-order valence-corrected chi connectivity index (χ3v) is 5.07. The van der Waals surface area contributed by atoms with Crippen LogP contribution < -0.4 is 0 Å². The normalized spacial score (nSPS) is 20.2. The summed E-state index contributed by atoms with van der Waals surface area (Å²) in [6.07, 6.45) is 1.73. The molecule has 1 fully saturated rings. The summed E-state index contributed by atoms with van der Waals surface area (Å²) in [5, 5.41) is 21.5.